The second-order valence-corrected chi connectivity index (χ2v) is 32.4. The van der Waals surface area contributed by atoms with Crippen molar-refractivity contribution in [2.45, 2.75) is 439 Å². The first kappa shape index (κ1) is 97.1. The van der Waals surface area contributed by atoms with E-state index in [0.717, 1.165) is 102 Å². The Bertz CT molecular complexity index is 1910. The van der Waals surface area contributed by atoms with Gasteiger partial charge in [0, 0.05) is 25.7 Å². The van der Waals surface area contributed by atoms with E-state index in [9.17, 15) is 43.2 Å². The Hall–Kier alpha value is -1.94. The summed E-state index contributed by atoms with van der Waals surface area (Å²) in [5.41, 5.74) is 0. The summed E-state index contributed by atoms with van der Waals surface area (Å²) in [6.45, 7) is 9.66. The second kappa shape index (κ2) is 71.7. The highest BCUT2D eigenvalue weighted by Gasteiger charge is 2.30. The predicted molar refractivity (Wildman–Crippen MR) is 405 cm³/mol. The van der Waals surface area contributed by atoms with Crippen molar-refractivity contribution < 1.29 is 80.2 Å². The Kier molecular flexibility index (Phi) is 70.3. The van der Waals surface area contributed by atoms with E-state index in [1.807, 2.05) is 0 Å². The van der Waals surface area contributed by atoms with Gasteiger partial charge in [-0.2, -0.15) is 0 Å². The van der Waals surface area contributed by atoms with Crippen molar-refractivity contribution in [2.24, 2.45) is 11.8 Å². The highest BCUT2D eigenvalue weighted by atomic mass is 31.2. The molecule has 0 heterocycles. The molecule has 0 saturated carbocycles. The van der Waals surface area contributed by atoms with Gasteiger partial charge in [-0.15, -0.1) is 0 Å². The molecule has 3 unspecified atom stereocenters. The normalized spacial score (nSPS) is 14.2. The Morgan fingerprint density at radius 3 is 0.768 bits per heavy atom. The van der Waals surface area contributed by atoms with Crippen LogP contribution in [-0.4, -0.2) is 96.7 Å². The van der Waals surface area contributed by atoms with Crippen molar-refractivity contribution in [3.05, 3.63) is 0 Å². The third-order valence-electron chi connectivity index (χ3n) is 19.1. The highest BCUT2D eigenvalue weighted by molar-refractivity contribution is 7.47. The maximum absolute atomic E-state index is 13.1. The van der Waals surface area contributed by atoms with Gasteiger partial charge < -0.3 is 33.8 Å². The smallest absolute Gasteiger partial charge is 0.462 e. The lowest BCUT2D eigenvalue weighted by Crippen LogP contribution is -2.30. The van der Waals surface area contributed by atoms with Gasteiger partial charge >= 0.3 is 39.5 Å². The van der Waals surface area contributed by atoms with Gasteiger partial charge in [0.05, 0.1) is 26.4 Å². The highest BCUT2D eigenvalue weighted by Crippen LogP contribution is 2.45. The number of ether oxygens (including phenoxy) is 4. The van der Waals surface area contributed by atoms with Crippen molar-refractivity contribution in [1.29, 1.82) is 0 Å². The van der Waals surface area contributed by atoms with Crippen LogP contribution in [0.15, 0.2) is 0 Å². The summed E-state index contributed by atoms with van der Waals surface area (Å²) in [5.74, 6) is -0.539. The maximum atomic E-state index is 13.1. The first-order chi connectivity index (χ1) is 47.9. The average molecular weight is 1450 g/mol. The molecule has 588 valence electrons. The van der Waals surface area contributed by atoms with Gasteiger partial charge in [-0.05, 0) is 37.5 Å². The molecule has 99 heavy (non-hydrogen) atoms. The largest absolute Gasteiger partial charge is 0.472 e. The van der Waals surface area contributed by atoms with E-state index in [2.05, 4.69) is 41.5 Å². The van der Waals surface area contributed by atoms with E-state index in [-0.39, 0.29) is 25.7 Å². The Labute approximate surface area is 607 Å². The molecule has 3 N–H and O–H groups in total. The van der Waals surface area contributed by atoms with Gasteiger partial charge in [0.25, 0.3) is 0 Å². The zero-order valence-electron chi connectivity index (χ0n) is 64.8. The zero-order valence-corrected chi connectivity index (χ0v) is 66.6. The van der Waals surface area contributed by atoms with Crippen LogP contribution < -0.4 is 0 Å². The van der Waals surface area contributed by atoms with Gasteiger partial charge in [-0.3, -0.25) is 37.3 Å². The molecule has 0 spiro atoms. The number of hydrogen-bond donors (Lipinski definition) is 3. The summed E-state index contributed by atoms with van der Waals surface area (Å²) < 4.78 is 68.7. The molecule has 0 aromatic heterocycles. The summed E-state index contributed by atoms with van der Waals surface area (Å²) >= 11 is 0. The molecule has 0 radical (unpaired) electrons. The summed E-state index contributed by atoms with van der Waals surface area (Å²) in [6, 6.07) is 0. The summed E-state index contributed by atoms with van der Waals surface area (Å²) in [6.07, 6.45) is 60.8. The minimum absolute atomic E-state index is 0.108. The number of phosphoric ester groups is 2. The lowest BCUT2D eigenvalue weighted by Gasteiger charge is -2.21. The fourth-order valence-electron chi connectivity index (χ4n) is 12.3. The van der Waals surface area contributed by atoms with Crippen molar-refractivity contribution in [2.75, 3.05) is 39.6 Å². The van der Waals surface area contributed by atoms with Gasteiger partial charge in [0.1, 0.15) is 19.3 Å². The van der Waals surface area contributed by atoms with Crippen molar-refractivity contribution in [1.82, 2.24) is 0 Å². The maximum Gasteiger partial charge on any atom is 0.472 e. The lowest BCUT2D eigenvalue weighted by molar-refractivity contribution is -0.161. The molecule has 0 aliphatic heterocycles. The SMILES string of the molecule is CCCCCCCCCCCCCCCCCCCC(=O)O[C@H](COC(=O)CCCCCCCCCCCCCCCC(C)C)COP(=O)(O)OC[C@@H](O)COP(=O)(O)OC[C@@H](COC(=O)CCCCCCCCCCC(C)CC)OC(=O)CCCCCCCCCCCCCCCC. The third-order valence-corrected chi connectivity index (χ3v) is 21.0. The summed E-state index contributed by atoms with van der Waals surface area (Å²) in [7, 11) is -9.92. The molecular formula is C80H156O17P2. The van der Waals surface area contributed by atoms with Crippen LogP contribution in [0.5, 0.6) is 0 Å². The number of carbonyl (C=O) groups excluding carboxylic acids is 4. The van der Waals surface area contributed by atoms with E-state index in [4.69, 9.17) is 37.0 Å². The van der Waals surface area contributed by atoms with E-state index in [1.165, 1.54) is 238 Å². The molecule has 6 atom stereocenters. The number of aliphatic hydroxyl groups is 1. The quantitative estimate of drug-likeness (QED) is 0.0222. The lowest BCUT2D eigenvalue weighted by atomic mass is 9.99. The van der Waals surface area contributed by atoms with Crippen LogP contribution in [0.1, 0.15) is 420 Å². The fourth-order valence-corrected chi connectivity index (χ4v) is 13.9. The average Bonchev–Trinajstić information content (AvgIpc) is 0.966. The van der Waals surface area contributed by atoms with Crippen molar-refractivity contribution in [3.8, 4) is 0 Å². The predicted octanol–water partition coefficient (Wildman–Crippen LogP) is 23.9. The first-order valence-electron chi connectivity index (χ1n) is 41.5. The van der Waals surface area contributed by atoms with Crippen LogP contribution in [0.3, 0.4) is 0 Å². The molecule has 0 amide bonds. The molecule has 0 aromatic rings. The molecule has 0 bridgehead atoms. The molecule has 0 aliphatic carbocycles. The van der Waals surface area contributed by atoms with Crippen molar-refractivity contribution in [3.63, 3.8) is 0 Å². The van der Waals surface area contributed by atoms with E-state index in [0.29, 0.717) is 25.7 Å². The molecule has 0 rings (SSSR count). The molecular weight excluding hydrogens is 1290 g/mol. The summed E-state index contributed by atoms with van der Waals surface area (Å²) in [5, 5.41) is 10.6. The summed E-state index contributed by atoms with van der Waals surface area (Å²) in [4.78, 5) is 73.0. The molecule has 0 saturated heterocycles. The topological polar surface area (TPSA) is 237 Å². The van der Waals surface area contributed by atoms with Crippen LogP contribution in [-0.2, 0) is 65.4 Å². The molecule has 17 nitrogen and oxygen atoms in total. The Balaban J connectivity index is 5.27. The number of esters is 4. The molecule has 0 aromatic carbocycles. The molecule has 0 aliphatic rings. The van der Waals surface area contributed by atoms with Gasteiger partial charge in [0.2, 0.25) is 0 Å². The van der Waals surface area contributed by atoms with Gasteiger partial charge in [-0.1, -0.05) is 369 Å². The minimum atomic E-state index is -4.96. The second-order valence-electron chi connectivity index (χ2n) is 29.5. The Morgan fingerprint density at radius 1 is 0.293 bits per heavy atom. The van der Waals surface area contributed by atoms with E-state index < -0.39 is 97.5 Å². The van der Waals surface area contributed by atoms with E-state index >= 15 is 0 Å². The standard InChI is InChI=1S/C80H156O17P2/c1-7-10-12-14-16-18-20-22-24-25-26-30-35-39-47-53-59-65-80(85)96-75(68-90-77(82)62-56-50-44-37-33-31-27-28-32-36-42-48-54-60-72(4)5)70-94-98(86,87)92-66-74(81)67-93-99(88,89)95-71-76(69-91-78(83)63-57-51-45-41-40-43-49-55-61-73(6)9-3)97-79(84)64-58-52-46-38-34-29-23-21-19-17-15-13-11-8-2/h72-76,81H,7-71H2,1-6H3,(H,86,87)(H,88,89)/t73?,74-,75-,76-/m1/s1. The monoisotopic (exact) mass is 1450 g/mol. The van der Waals surface area contributed by atoms with Crippen LogP contribution in [0.4, 0.5) is 0 Å². The number of rotatable bonds is 79. The van der Waals surface area contributed by atoms with Gasteiger partial charge in [-0.25, -0.2) is 9.13 Å². The Morgan fingerprint density at radius 2 is 0.515 bits per heavy atom. The number of phosphoric acid groups is 2. The van der Waals surface area contributed by atoms with Crippen LogP contribution in [0.2, 0.25) is 0 Å². The fraction of sp³-hybridized carbons (Fsp3) is 0.950. The van der Waals surface area contributed by atoms with Crippen molar-refractivity contribution >= 4 is 39.5 Å². The van der Waals surface area contributed by atoms with E-state index in [1.54, 1.807) is 0 Å². The van der Waals surface area contributed by atoms with Crippen LogP contribution in [0, 0.1) is 11.8 Å². The number of hydrogen-bond acceptors (Lipinski definition) is 15. The number of carbonyl (C=O) groups is 4. The first-order valence-corrected chi connectivity index (χ1v) is 44.5. The molecule has 19 heteroatoms. The van der Waals surface area contributed by atoms with Crippen LogP contribution >= 0.6 is 15.6 Å². The minimum Gasteiger partial charge on any atom is -0.462 e. The van der Waals surface area contributed by atoms with Gasteiger partial charge in [0.15, 0.2) is 12.2 Å². The third kappa shape index (κ3) is 72.8. The number of unbranched alkanes of at least 4 members (excludes halogenated alkanes) is 48. The zero-order chi connectivity index (χ0) is 72.8. The molecule has 0 fully saturated rings. The number of aliphatic hydroxyl groups excluding tert-OH is 1. The van der Waals surface area contributed by atoms with Crippen LogP contribution in [0.25, 0.3) is 0 Å².